The molecule has 0 radical (unpaired) electrons. The lowest BCUT2D eigenvalue weighted by molar-refractivity contribution is -0.117. The van der Waals surface area contributed by atoms with E-state index in [4.69, 9.17) is 0 Å². The molecule has 2 N–H and O–H groups in total. The minimum Gasteiger partial charge on any atom is -0.326 e. The van der Waals surface area contributed by atoms with Crippen LogP contribution >= 0.6 is 0 Å². The maximum atomic E-state index is 13.0. The molecule has 3 rings (SSSR count). The van der Waals surface area contributed by atoms with E-state index in [0.717, 1.165) is 0 Å². The summed E-state index contributed by atoms with van der Waals surface area (Å²) in [5.74, 6) is -0.585. The highest BCUT2D eigenvalue weighted by atomic mass is 16.2. The van der Waals surface area contributed by atoms with Gasteiger partial charge in [0.1, 0.15) is 6.54 Å². The summed E-state index contributed by atoms with van der Waals surface area (Å²) in [6.07, 6.45) is 0.611. The second kappa shape index (κ2) is 8.77. The van der Waals surface area contributed by atoms with Crippen LogP contribution < -0.4 is 21.9 Å². The molecule has 0 aliphatic rings. The van der Waals surface area contributed by atoms with Crippen molar-refractivity contribution < 1.29 is 9.59 Å². The van der Waals surface area contributed by atoms with Gasteiger partial charge in [-0.3, -0.25) is 23.5 Å². The SMILES string of the molecule is CC[C@@H](C)n1c(=O)c2ccccc2n(CC(=O)Nc2ccc(NC(C)=O)cc2)c1=O. The van der Waals surface area contributed by atoms with Crippen molar-refractivity contribution in [2.45, 2.75) is 39.8 Å². The van der Waals surface area contributed by atoms with Gasteiger partial charge in [-0.1, -0.05) is 19.1 Å². The molecule has 0 unspecified atom stereocenters. The van der Waals surface area contributed by atoms with Gasteiger partial charge in [0.2, 0.25) is 11.8 Å². The minimum absolute atomic E-state index is 0.186. The Hall–Kier alpha value is -3.68. The lowest BCUT2D eigenvalue weighted by atomic mass is 10.2. The van der Waals surface area contributed by atoms with E-state index in [1.807, 2.05) is 6.92 Å². The van der Waals surface area contributed by atoms with Gasteiger partial charge in [-0.15, -0.1) is 0 Å². The summed E-state index contributed by atoms with van der Waals surface area (Å²) in [4.78, 5) is 49.6. The molecule has 2 aromatic carbocycles. The molecule has 0 aliphatic carbocycles. The Bertz CT molecular complexity index is 1210. The van der Waals surface area contributed by atoms with Gasteiger partial charge in [-0.05, 0) is 49.7 Å². The number of para-hydroxylation sites is 1. The number of carbonyl (C=O) groups is 2. The van der Waals surface area contributed by atoms with Crippen LogP contribution in [0.3, 0.4) is 0 Å². The van der Waals surface area contributed by atoms with Gasteiger partial charge >= 0.3 is 5.69 Å². The predicted molar refractivity (Wildman–Crippen MR) is 117 cm³/mol. The Kier molecular flexibility index (Phi) is 6.15. The summed E-state index contributed by atoms with van der Waals surface area (Å²) in [6, 6.07) is 13.1. The van der Waals surface area contributed by atoms with Gasteiger partial charge in [-0.25, -0.2) is 4.79 Å². The molecular formula is C22H24N4O4. The summed E-state index contributed by atoms with van der Waals surface area (Å²) in [6.45, 7) is 4.88. The summed E-state index contributed by atoms with van der Waals surface area (Å²) in [7, 11) is 0. The molecule has 0 aliphatic heterocycles. The van der Waals surface area contributed by atoms with E-state index in [-0.39, 0.29) is 24.1 Å². The first-order chi connectivity index (χ1) is 14.3. The molecular weight excluding hydrogens is 384 g/mol. The molecule has 2 amide bonds. The smallest absolute Gasteiger partial charge is 0.326 e. The maximum Gasteiger partial charge on any atom is 0.332 e. The van der Waals surface area contributed by atoms with Gasteiger partial charge in [0, 0.05) is 24.3 Å². The van der Waals surface area contributed by atoms with Crippen LogP contribution in [0.5, 0.6) is 0 Å². The lowest BCUT2D eigenvalue weighted by Gasteiger charge is -2.17. The highest BCUT2D eigenvalue weighted by Gasteiger charge is 2.18. The molecule has 1 atom stereocenters. The van der Waals surface area contributed by atoms with Gasteiger partial charge in [0.15, 0.2) is 0 Å². The van der Waals surface area contributed by atoms with Gasteiger partial charge in [-0.2, -0.15) is 0 Å². The fourth-order valence-electron chi connectivity index (χ4n) is 3.25. The molecule has 0 spiro atoms. The maximum absolute atomic E-state index is 13.0. The molecule has 0 fully saturated rings. The predicted octanol–water partition coefficient (Wildman–Crippen LogP) is 2.73. The van der Waals surface area contributed by atoms with Crippen molar-refractivity contribution in [3.05, 3.63) is 69.4 Å². The van der Waals surface area contributed by atoms with E-state index in [0.29, 0.717) is 28.7 Å². The second-order valence-electron chi connectivity index (χ2n) is 7.13. The largest absolute Gasteiger partial charge is 0.332 e. The van der Waals surface area contributed by atoms with E-state index in [1.54, 1.807) is 55.5 Å². The van der Waals surface area contributed by atoms with Crippen molar-refractivity contribution in [1.82, 2.24) is 9.13 Å². The standard InChI is InChI=1S/C22H24N4O4/c1-4-14(2)26-21(29)18-7-5-6-8-19(18)25(22(26)30)13-20(28)24-17-11-9-16(10-12-17)23-15(3)27/h5-12,14H,4,13H2,1-3H3,(H,23,27)(H,24,28)/t14-/m1/s1. The van der Waals surface area contributed by atoms with Crippen LogP contribution in [0.1, 0.15) is 33.2 Å². The third kappa shape index (κ3) is 4.32. The second-order valence-corrected chi connectivity index (χ2v) is 7.13. The number of aromatic nitrogens is 2. The molecule has 30 heavy (non-hydrogen) atoms. The molecule has 3 aromatic rings. The average Bonchev–Trinajstić information content (AvgIpc) is 2.72. The minimum atomic E-state index is -0.510. The number of hydrogen-bond acceptors (Lipinski definition) is 4. The molecule has 8 nitrogen and oxygen atoms in total. The molecule has 156 valence electrons. The van der Waals surface area contributed by atoms with Crippen molar-refractivity contribution >= 4 is 34.1 Å². The number of nitrogens with zero attached hydrogens (tertiary/aromatic N) is 2. The molecule has 8 heteroatoms. The first-order valence-electron chi connectivity index (χ1n) is 9.73. The van der Waals surface area contributed by atoms with Crippen molar-refractivity contribution in [2.75, 3.05) is 10.6 Å². The van der Waals surface area contributed by atoms with Crippen LogP contribution in [-0.2, 0) is 16.1 Å². The van der Waals surface area contributed by atoms with Crippen LogP contribution in [0.15, 0.2) is 58.1 Å². The number of benzene rings is 2. The Labute approximate surface area is 173 Å². The number of fused-ring (bicyclic) bond motifs is 1. The van der Waals surface area contributed by atoms with Crippen LogP contribution in [0.4, 0.5) is 11.4 Å². The summed E-state index contributed by atoms with van der Waals surface area (Å²) < 4.78 is 2.53. The summed E-state index contributed by atoms with van der Waals surface area (Å²) >= 11 is 0. The highest BCUT2D eigenvalue weighted by molar-refractivity contribution is 5.92. The number of carbonyl (C=O) groups excluding carboxylic acids is 2. The van der Waals surface area contributed by atoms with Gasteiger partial charge < -0.3 is 10.6 Å². The van der Waals surface area contributed by atoms with Crippen LogP contribution in [-0.4, -0.2) is 20.9 Å². The normalized spacial score (nSPS) is 11.8. The number of hydrogen-bond donors (Lipinski definition) is 2. The fourth-order valence-corrected chi connectivity index (χ4v) is 3.25. The zero-order chi connectivity index (χ0) is 21.8. The topological polar surface area (TPSA) is 102 Å². The number of anilines is 2. The average molecular weight is 408 g/mol. The zero-order valence-electron chi connectivity index (χ0n) is 17.1. The third-order valence-corrected chi connectivity index (χ3v) is 4.90. The monoisotopic (exact) mass is 408 g/mol. The molecule has 1 aromatic heterocycles. The Morgan fingerprint density at radius 1 is 0.967 bits per heavy atom. The fraction of sp³-hybridized carbons (Fsp3) is 0.273. The Morgan fingerprint density at radius 3 is 2.17 bits per heavy atom. The first-order valence-corrected chi connectivity index (χ1v) is 9.73. The van der Waals surface area contributed by atoms with E-state index >= 15 is 0 Å². The van der Waals surface area contributed by atoms with Gasteiger partial charge in [0.05, 0.1) is 10.9 Å². The molecule has 0 saturated heterocycles. The van der Waals surface area contributed by atoms with Crippen molar-refractivity contribution in [1.29, 1.82) is 0 Å². The zero-order valence-corrected chi connectivity index (χ0v) is 17.1. The number of amides is 2. The number of nitrogens with one attached hydrogen (secondary N) is 2. The summed E-state index contributed by atoms with van der Waals surface area (Å²) in [5, 5.41) is 5.79. The molecule has 1 heterocycles. The van der Waals surface area contributed by atoms with E-state index in [2.05, 4.69) is 10.6 Å². The highest BCUT2D eigenvalue weighted by Crippen LogP contribution is 2.14. The van der Waals surface area contributed by atoms with Gasteiger partial charge in [0.25, 0.3) is 5.56 Å². The van der Waals surface area contributed by atoms with E-state index < -0.39 is 11.6 Å². The number of rotatable bonds is 6. The van der Waals surface area contributed by atoms with Crippen molar-refractivity contribution in [3.63, 3.8) is 0 Å². The quantitative estimate of drug-likeness (QED) is 0.655. The van der Waals surface area contributed by atoms with Crippen molar-refractivity contribution in [2.24, 2.45) is 0 Å². The van der Waals surface area contributed by atoms with Crippen LogP contribution in [0.25, 0.3) is 10.9 Å². The van der Waals surface area contributed by atoms with Crippen LogP contribution in [0.2, 0.25) is 0 Å². The van der Waals surface area contributed by atoms with E-state index in [9.17, 15) is 19.2 Å². The first kappa shape index (κ1) is 21.0. The summed E-state index contributed by atoms with van der Waals surface area (Å²) in [5.41, 5.74) is 0.702. The third-order valence-electron chi connectivity index (χ3n) is 4.90. The van der Waals surface area contributed by atoms with Crippen molar-refractivity contribution in [3.8, 4) is 0 Å². The van der Waals surface area contributed by atoms with E-state index in [1.165, 1.54) is 16.1 Å². The molecule has 0 saturated carbocycles. The Morgan fingerprint density at radius 2 is 1.57 bits per heavy atom. The Balaban J connectivity index is 1.93. The van der Waals surface area contributed by atoms with Crippen LogP contribution in [0, 0.1) is 0 Å². The lowest BCUT2D eigenvalue weighted by Crippen LogP contribution is -2.43. The molecule has 0 bridgehead atoms.